The molecule has 2 atom stereocenters. The van der Waals surface area contributed by atoms with E-state index in [9.17, 15) is 5.11 Å². The quantitative estimate of drug-likeness (QED) is 0.564. The van der Waals surface area contributed by atoms with Crippen LogP contribution in [0.15, 0.2) is 12.7 Å². The average Bonchev–Trinajstić information content (AvgIpc) is 1.99. The van der Waals surface area contributed by atoms with Crippen LogP contribution in [-0.2, 0) is 0 Å². The molecule has 0 aromatic heterocycles. The third kappa shape index (κ3) is 2.99. The van der Waals surface area contributed by atoms with Crippen molar-refractivity contribution < 1.29 is 10.2 Å². The minimum Gasteiger partial charge on any atom is -0.396 e. The van der Waals surface area contributed by atoms with Crippen molar-refractivity contribution in [2.75, 3.05) is 6.61 Å². The molecule has 0 rings (SSSR count). The van der Waals surface area contributed by atoms with Crippen LogP contribution in [0.1, 0.15) is 19.8 Å². The molecular weight excluding hydrogens is 128 g/mol. The summed E-state index contributed by atoms with van der Waals surface area (Å²) in [5, 5.41) is 18.0. The molecule has 0 aromatic carbocycles. The van der Waals surface area contributed by atoms with Crippen LogP contribution in [0.4, 0.5) is 0 Å². The number of hydrogen-bond donors (Lipinski definition) is 2. The summed E-state index contributed by atoms with van der Waals surface area (Å²) in [4.78, 5) is 0. The highest BCUT2D eigenvalue weighted by molar-refractivity contribution is 4.76. The lowest BCUT2D eigenvalue weighted by molar-refractivity contribution is 0.0661. The molecule has 2 nitrogen and oxygen atoms in total. The molecule has 0 aliphatic rings. The maximum Gasteiger partial charge on any atom is 0.0590 e. The number of aliphatic hydroxyl groups is 2. The van der Waals surface area contributed by atoms with Gasteiger partial charge in [0.2, 0.25) is 0 Å². The van der Waals surface area contributed by atoms with Gasteiger partial charge in [0.15, 0.2) is 0 Å². The summed E-state index contributed by atoms with van der Waals surface area (Å²) in [5.41, 5.74) is 0. The number of aliphatic hydroxyl groups excluding tert-OH is 2. The van der Waals surface area contributed by atoms with Crippen LogP contribution in [-0.4, -0.2) is 22.9 Å². The molecule has 0 saturated carbocycles. The predicted molar refractivity (Wildman–Crippen MR) is 41.7 cm³/mol. The molecule has 60 valence electrons. The maximum atomic E-state index is 9.24. The van der Waals surface area contributed by atoms with E-state index in [0.717, 1.165) is 0 Å². The van der Waals surface area contributed by atoms with Crippen molar-refractivity contribution in [1.82, 2.24) is 0 Å². The lowest BCUT2D eigenvalue weighted by Gasteiger charge is -2.17. The third-order valence-electron chi connectivity index (χ3n) is 1.67. The van der Waals surface area contributed by atoms with Crippen LogP contribution >= 0.6 is 0 Å². The fourth-order valence-corrected chi connectivity index (χ4v) is 0.901. The van der Waals surface area contributed by atoms with E-state index in [2.05, 4.69) is 6.58 Å². The predicted octanol–water partition coefficient (Wildman–Crippen LogP) is 0.942. The van der Waals surface area contributed by atoms with Crippen molar-refractivity contribution in [2.45, 2.75) is 25.9 Å². The summed E-state index contributed by atoms with van der Waals surface area (Å²) >= 11 is 0. The number of allylic oxidation sites excluding steroid dienone is 1. The van der Waals surface area contributed by atoms with Crippen molar-refractivity contribution in [2.24, 2.45) is 5.92 Å². The van der Waals surface area contributed by atoms with Crippen molar-refractivity contribution in [1.29, 1.82) is 0 Å². The molecule has 0 bridgehead atoms. The van der Waals surface area contributed by atoms with Crippen LogP contribution in [0.25, 0.3) is 0 Å². The van der Waals surface area contributed by atoms with E-state index in [1.165, 1.54) is 0 Å². The van der Waals surface area contributed by atoms with E-state index in [4.69, 9.17) is 5.11 Å². The Bertz CT molecular complexity index is 91.3. The van der Waals surface area contributed by atoms with Gasteiger partial charge in [0, 0.05) is 12.5 Å². The van der Waals surface area contributed by atoms with Gasteiger partial charge in [0.25, 0.3) is 0 Å². The summed E-state index contributed by atoms with van der Waals surface area (Å²) in [6.07, 6.45) is 2.72. The van der Waals surface area contributed by atoms with E-state index in [1.807, 2.05) is 6.92 Å². The highest BCUT2D eigenvalue weighted by Crippen LogP contribution is 2.11. The molecule has 0 aliphatic heterocycles. The van der Waals surface area contributed by atoms with Crippen LogP contribution < -0.4 is 0 Å². The summed E-state index contributed by atoms with van der Waals surface area (Å²) in [6, 6.07) is 0. The molecule has 0 saturated heterocycles. The lowest BCUT2D eigenvalue weighted by atomic mass is 9.98. The summed E-state index contributed by atoms with van der Waals surface area (Å²) in [7, 11) is 0. The second kappa shape index (κ2) is 5.45. The molecule has 0 amide bonds. The Morgan fingerprint density at radius 3 is 2.50 bits per heavy atom. The zero-order valence-corrected chi connectivity index (χ0v) is 6.45. The molecule has 0 heterocycles. The highest BCUT2D eigenvalue weighted by atomic mass is 16.3. The molecule has 0 aromatic rings. The summed E-state index contributed by atoms with van der Waals surface area (Å²) < 4.78 is 0. The Labute approximate surface area is 62.2 Å². The van der Waals surface area contributed by atoms with Gasteiger partial charge in [-0.2, -0.15) is 0 Å². The Hall–Kier alpha value is -0.340. The Morgan fingerprint density at radius 2 is 2.20 bits per heavy atom. The zero-order valence-electron chi connectivity index (χ0n) is 6.45. The van der Waals surface area contributed by atoms with Gasteiger partial charge in [-0.1, -0.05) is 13.0 Å². The maximum absolute atomic E-state index is 9.24. The molecule has 0 fully saturated rings. The van der Waals surface area contributed by atoms with Gasteiger partial charge in [-0.05, 0) is 12.8 Å². The minimum absolute atomic E-state index is 0.0255. The fraction of sp³-hybridized carbons (Fsp3) is 0.750. The highest BCUT2D eigenvalue weighted by Gasteiger charge is 2.13. The van der Waals surface area contributed by atoms with Crippen LogP contribution in [0.5, 0.6) is 0 Å². The van der Waals surface area contributed by atoms with Gasteiger partial charge in [-0.15, -0.1) is 6.58 Å². The first-order chi connectivity index (χ1) is 4.76. The second-order valence-corrected chi connectivity index (χ2v) is 2.44. The SMILES string of the molecule is C=CCC(CO)C(O)CC. The molecule has 0 spiro atoms. The van der Waals surface area contributed by atoms with E-state index in [0.29, 0.717) is 12.8 Å². The fourth-order valence-electron chi connectivity index (χ4n) is 0.901. The van der Waals surface area contributed by atoms with Crippen molar-refractivity contribution >= 4 is 0 Å². The topological polar surface area (TPSA) is 40.5 Å². The second-order valence-electron chi connectivity index (χ2n) is 2.44. The molecular formula is C8H16O2. The van der Waals surface area contributed by atoms with E-state index < -0.39 is 0 Å². The minimum atomic E-state index is -0.386. The standard InChI is InChI=1S/C8H16O2/c1-3-5-7(6-9)8(10)4-2/h3,7-10H,1,4-6H2,2H3. The molecule has 10 heavy (non-hydrogen) atoms. The van der Waals surface area contributed by atoms with Crippen molar-refractivity contribution in [3.63, 3.8) is 0 Å². The molecule has 0 aliphatic carbocycles. The Balaban J connectivity index is 3.67. The molecule has 2 N–H and O–H groups in total. The van der Waals surface area contributed by atoms with Gasteiger partial charge in [0.05, 0.1) is 6.10 Å². The van der Waals surface area contributed by atoms with E-state index in [-0.39, 0.29) is 18.6 Å². The number of hydrogen-bond acceptors (Lipinski definition) is 2. The average molecular weight is 144 g/mol. The first kappa shape index (κ1) is 9.66. The summed E-state index contributed by atoms with van der Waals surface area (Å²) in [6.45, 7) is 5.48. The third-order valence-corrected chi connectivity index (χ3v) is 1.67. The first-order valence-corrected chi connectivity index (χ1v) is 3.66. The Kier molecular flexibility index (Phi) is 5.26. The molecule has 2 unspecified atom stereocenters. The van der Waals surface area contributed by atoms with Crippen LogP contribution in [0, 0.1) is 5.92 Å². The summed E-state index contributed by atoms with van der Waals surface area (Å²) in [5.74, 6) is -0.0255. The van der Waals surface area contributed by atoms with Gasteiger partial charge < -0.3 is 10.2 Å². The Morgan fingerprint density at radius 1 is 1.60 bits per heavy atom. The normalized spacial score (nSPS) is 16.3. The van der Waals surface area contributed by atoms with Gasteiger partial charge >= 0.3 is 0 Å². The van der Waals surface area contributed by atoms with Crippen LogP contribution in [0.3, 0.4) is 0 Å². The zero-order chi connectivity index (χ0) is 7.98. The lowest BCUT2D eigenvalue weighted by Crippen LogP contribution is -2.22. The van der Waals surface area contributed by atoms with E-state index in [1.54, 1.807) is 6.08 Å². The molecule has 2 heteroatoms. The smallest absolute Gasteiger partial charge is 0.0590 e. The van der Waals surface area contributed by atoms with Crippen molar-refractivity contribution in [3.05, 3.63) is 12.7 Å². The van der Waals surface area contributed by atoms with Crippen LogP contribution in [0.2, 0.25) is 0 Å². The monoisotopic (exact) mass is 144 g/mol. The van der Waals surface area contributed by atoms with Gasteiger partial charge in [0.1, 0.15) is 0 Å². The van der Waals surface area contributed by atoms with Crippen molar-refractivity contribution in [3.8, 4) is 0 Å². The van der Waals surface area contributed by atoms with Gasteiger partial charge in [-0.3, -0.25) is 0 Å². The van der Waals surface area contributed by atoms with Gasteiger partial charge in [-0.25, -0.2) is 0 Å². The first-order valence-electron chi connectivity index (χ1n) is 3.66. The van der Waals surface area contributed by atoms with E-state index >= 15 is 0 Å². The molecule has 0 radical (unpaired) electrons. The largest absolute Gasteiger partial charge is 0.396 e. The number of rotatable bonds is 5.